The highest BCUT2D eigenvalue weighted by molar-refractivity contribution is 7.99. The number of nitrogens with one attached hydrogen (secondary N) is 1. The Balaban J connectivity index is 1.73. The number of carbonyl (C=O) groups excluding carboxylic acids is 1. The van der Waals surface area contributed by atoms with Crippen molar-refractivity contribution in [2.24, 2.45) is 5.73 Å². The van der Waals surface area contributed by atoms with Crippen LogP contribution in [0.2, 0.25) is 0 Å². The molecule has 0 atom stereocenters. The molecule has 1 amide bonds. The number of rotatable bonds is 5. The molecule has 19 heavy (non-hydrogen) atoms. The molecule has 1 aromatic carbocycles. The summed E-state index contributed by atoms with van der Waals surface area (Å²) < 4.78 is 0. The van der Waals surface area contributed by atoms with Crippen LogP contribution in [0.25, 0.3) is 0 Å². The minimum absolute atomic E-state index is 0.00467. The lowest BCUT2D eigenvalue weighted by Crippen LogP contribution is -2.39. The van der Waals surface area contributed by atoms with Gasteiger partial charge in [0.05, 0.1) is 0 Å². The van der Waals surface area contributed by atoms with E-state index in [1.807, 2.05) is 36.0 Å². The van der Waals surface area contributed by atoms with E-state index in [2.05, 4.69) is 10.2 Å². The molecule has 0 bridgehead atoms. The highest BCUT2D eigenvalue weighted by Gasteiger charge is 2.10. The fourth-order valence-corrected chi connectivity index (χ4v) is 3.03. The van der Waals surface area contributed by atoms with E-state index in [9.17, 15) is 4.79 Å². The van der Waals surface area contributed by atoms with Gasteiger partial charge in [-0.15, -0.1) is 0 Å². The number of benzene rings is 1. The predicted molar refractivity (Wildman–Crippen MR) is 80.4 cm³/mol. The van der Waals surface area contributed by atoms with Crippen LogP contribution in [0.15, 0.2) is 24.3 Å². The van der Waals surface area contributed by atoms with E-state index in [-0.39, 0.29) is 5.91 Å². The van der Waals surface area contributed by atoms with Gasteiger partial charge < -0.3 is 11.1 Å². The van der Waals surface area contributed by atoms with E-state index in [4.69, 9.17) is 5.73 Å². The predicted octanol–water partition coefficient (Wildman–Crippen LogP) is 0.924. The largest absolute Gasteiger partial charge is 0.351 e. The molecule has 104 valence electrons. The van der Waals surface area contributed by atoms with Gasteiger partial charge in [-0.25, -0.2) is 0 Å². The Morgan fingerprint density at radius 1 is 1.26 bits per heavy atom. The van der Waals surface area contributed by atoms with E-state index >= 15 is 0 Å². The van der Waals surface area contributed by atoms with Crippen LogP contribution in [0.3, 0.4) is 0 Å². The molecule has 0 unspecified atom stereocenters. The molecule has 1 aliphatic rings. The number of carbonyl (C=O) groups is 1. The van der Waals surface area contributed by atoms with Crippen LogP contribution in [-0.4, -0.2) is 48.5 Å². The van der Waals surface area contributed by atoms with Crippen molar-refractivity contribution >= 4 is 17.7 Å². The van der Waals surface area contributed by atoms with Crippen molar-refractivity contribution in [3.63, 3.8) is 0 Å². The number of amides is 1. The van der Waals surface area contributed by atoms with Crippen LogP contribution in [0.4, 0.5) is 0 Å². The Labute approximate surface area is 118 Å². The van der Waals surface area contributed by atoms with E-state index in [1.54, 1.807) is 0 Å². The summed E-state index contributed by atoms with van der Waals surface area (Å²) in [7, 11) is 0. The highest BCUT2D eigenvalue weighted by Crippen LogP contribution is 2.08. The summed E-state index contributed by atoms with van der Waals surface area (Å²) in [6.07, 6.45) is 0. The molecule has 1 heterocycles. The Bertz CT molecular complexity index is 402. The van der Waals surface area contributed by atoms with Crippen LogP contribution in [-0.2, 0) is 6.54 Å². The maximum atomic E-state index is 11.9. The van der Waals surface area contributed by atoms with E-state index in [1.165, 1.54) is 11.5 Å². The lowest BCUT2D eigenvalue weighted by molar-refractivity contribution is 0.0949. The van der Waals surface area contributed by atoms with Crippen molar-refractivity contribution in [3.05, 3.63) is 35.4 Å². The Kier molecular flexibility index (Phi) is 5.69. The normalized spacial score (nSPS) is 16.3. The molecule has 4 nitrogen and oxygen atoms in total. The summed E-state index contributed by atoms with van der Waals surface area (Å²) in [5.41, 5.74) is 7.28. The molecule has 0 saturated carbocycles. The standard InChI is InChI=1S/C14H21N3OS/c15-11-12-1-3-13(4-2-12)14(18)16-5-6-17-7-9-19-10-8-17/h1-4H,5-11,15H2,(H,16,18). The number of hydrogen-bond acceptors (Lipinski definition) is 4. The maximum Gasteiger partial charge on any atom is 0.251 e. The molecule has 1 fully saturated rings. The van der Waals surface area contributed by atoms with Crippen molar-refractivity contribution in [3.8, 4) is 0 Å². The molecular formula is C14H21N3OS. The molecule has 1 aliphatic heterocycles. The third-order valence-corrected chi connectivity index (χ3v) is 4.21. The van der Waals surface area contributed by atoms with Gasteiger partial charge in [-0.05, 0) is 17.7 Å². The second-order valence-electron chi connectivity index (χ2n) is 4.61. The second-order valence-corrected chi connectivity index (χ2v) is 5.84. The van der Waals surface area contributed by atoms with Gasteiger partial charge in [0.2, 0.25) is 0 Å². The van der Waals surface area contributed by atoms with Crippen molar-refractivity contribution in [2.75, 3.05) is 37.7 Å². The van der Waals surface area contributed by atoms with Crippen LogP contribution < -0.4 is 11.1 Å². The first-order valence-corrected chi connectivity index (χ1v) is 7.82. The van der Waals surface area contributed by atoms with Gasteiger partial charge in [0.1, 0.15) is 0 Å². The van der Waals surface area contributed by atoms with E-state index < -0.39 is 0 Å². The zero-order chi connectivity index (χ0) is 13.5. The molecule has 3 N–H and O–H groups in total. The molecule has 5 heteroatoms. The monoisotopic (exact) mass is 279 g/mol. The summed E-state index contributed by atoms with van der Waals surface area (Å²) >= 11 is 2.00. The van der Waals surface area contributed by atoms with Crippen LogP contribution in [0.1, 0.15) is 15.9 Å². The van der Waals surface area contributed by atoms with Gasteiger partial charge >= 0.3 is 0 Å². The average molecular weight is 279 g/mol. The number of hydrogen-bond donors (Lipinski definition) is 2. The zero-order valence-electron chi connectivity index (χ0n) is 11.1. The molecule has 0 aliphatic carbocycles. The molecule has 0 spiro atoms. The number of thioether (sulfide) groups is 1. The van der Waals surface area contributed by atoms with Gasteiger partial charge in [0.15, 0.2) is 0 Å². The van der Waals surface area contributed by atoms with Gasteiger partial charge in [0.25, 0.3) is 5.91 Å². The van der Waals surface area contributed by atoms with Crippen molar-refractivity contribution < 1.29 is 4.79 Å². The third-order valence-electron chi connectivity index (χ3n) is 3.27. The fraction of sp³-hybridized carbons (Fsp3) is 0.500. The highest BCUT2D eigenvalue weighted by atomic mass is 32.2. The Hall–Kier alpha value is -1.04. The topological polar surface area (TPSA) is 58.4 Å². The lowest BCUT2D eigenvalue weighted by Gasteiger charge is -2.25. The van der Waals surface area contributed by atoms with Crippen LogP contribution in [0, 0.1) is 0 Å². The Morgan fingerprint density at radius 3 is 2.58 bits per heavy atom. The summed E-state index contributed by atoms with van der Waals surface area (Å²) in [5.74, 6) is 2.40. The smallest absolute Gasteiger partial charge is 0.251 e. The SMILES string of the molecule is NCc1ccc(C(=O)NCCN2CCSCC2)cc1. The molecular weight excluding hydrogens is 258 g/mol. The summed E-state index contributed by atoms with van der Waals surface area (Å²) in [5, 5.41) is 2.97. The summed E-state index contributed by atoms with van der Waals surface area (Å²) in [6, 6.07) is 7.46. The fourth-order valence-electron chi connectivity index (χ4n) is 2.05. The van der Waals surface area contributed by atoms with Crippen molar-refractivity contribution in [2.45, 2.75) is 6.54 Å². The van der Waals surface area contributed by atoms with E-state index in [0.29, 0.717) is 18.7 Å². The van der Waals surface area contributed by atoms with Crippen LogP contribution >= 0.6 is 11.8 Å². The zero-order valence-corrected chi connectivity index (χ0v) is 11.9. The minimum atomic E-state index is -0.00467. The van der Waals surface area contributed by atoms with E-state index in [0.717, 1.165) is 25.2 Å². The van der Waals surface area contributed by atoms with Crippen LogP contribution in [0.5, 0.6) is 0 Å². The van der Waals surface area contributed by atoms with Crippen molar-refractivity contribution in [1.82, 2.24) is 10.2 Å². The second kappa shape index (κ2) is 7.53. The first-order valence-electron chi connectivity index (χ1n) is 6.67. The van der Waals surface area contributed by atoms with Gasteiger partial charge in [0, 0.05) is 49.8 Å². The molecule has 1 saturated heterocycles. The quantitative estimate of drug-likeness (QED) is 0.841. The molecule has 1 aromatic rings. The average Bonchev–Trinajstić information content (AvgIpc) is 2.48. The van der Waals surface area contributed by atoms with Gasteiger partial charge in [-0.1, -0.05) is 12.1 Å². The molecule has 0 radical (unpaired) electrons. The minimum Gasteiger partial charge on any atom is -0.351 e. The maximum absolute atomic E-state index is 11.9. The lowest BCUT2D eigenvalue weighted by atomic mass is 10.1. The molecule has 2 rings (SSSR count). The van der Waals surface area contributed by atoms with Crippen molar-refractivity contribution in [1.29, 1.82) is 0 Å². The van der Waals surface area contributed by atoms with Gasteiger partial charge in [-0.3, -0.25) is 9.69 Å². The molecule has 0 aromatic heterocycles. The summed E-state index contributed by atoms with van der Waals surface area (Å²) in [6.45, 7) is 4.42. The number of nitrogens with zero attached hydrogens (tertiary/aromatic N) is 1. The first kappa shape index (κ1) is 14.4. The Morgan fingerprint density at radius 2 is 1.95 bits per heavy atom. The van der Waals surface area contributed by atoms with Gasteiger partial charge in [-0.2, -0.15) is 11.8 Å². The third kappa shape index (κ3) is 4.53. The first-order chi connectivity index (χ1) is 9.29. The number of nitrogens with two attached hydrogens (primary N) is 1. The summed E-state index contributed by atoms with van der Waals surface area (Å²) in [4.78, 5) is 14.3.